The van der Waals surface area contributed by atoms with Crippen LogP contribution in [0.5, 0.6) is 11.5 Å². The molecule has 1 heterocycles. The largest absolute Gasteiger partial charge is 0.490 e. The number of nitrogens with zero attached hydrogens (tertiary/aromatic N) is 1. The highest BCUT2D eigenvalue weighted by molar-refractivity contribution is 5.94. The molecule has 0 saturated heterocycles. The summed E-state index contributed by atoms with van der Waals surface area (Å²) in [7, 11) is 0. The number of benzene rings is 2. The molecular formula is C25H26N2O3. The Balaban J connectivity index is 1.28. The van der Waals surface area contributed by atoms with Gasteiger partial charge in [0.25, 0.3) is 5.91 Å². The summed E-state index contributed by atoms with van der Waals surface area (Å²) in [5.41, 5.74) is 2.47. The Hall–Kier alpha value is -3.34. The molecule has 30 heavy (non-hydrogen) atoms. The summed E-state index contributed by atoms with van der Waals surface area (Å²) in [6.45, 7) is 0.839. The van der Waals surface area contributed by atoms with Gasteiger partial charge >= 0.3 is 0 Å². The molecule has 0 bridgehead atoms. The minimum absolute atomic E-state index is 0.109. The summed E-state index contributed by atoms with van der Waals surface area (Å²) < 4.78 is 11.8. The van der Waals surface area contributed by atoms with E-state index in [4.69, 9.17) is 9.47 Å². The van der Waals surface area contributed by atoms with E-state index in [0.717, 1.165) is 35.6 Å². The van der Waals surface area contributed by atoms with Gasteiger partial charge in [-0.05, 0) is 79.8 Å². The van der Waals surface area contributed by atoms with E-state index in [2.05, 4.69) is 10.3 Å². The van der Waals surface area contributed by atoms with Crippen molar-refractivity contribution in [2.24, 2.45) is 0 Å². The molecule has 1 fully saturated rings. The van der Waals surface area contributed by atoms with Crippen LogP contribution in [0.4, 0.5) is 0 Å². The predicted octanol–water partition coefficient (Wildman–Crippen LogP) is 4.91. The third-order valence-electron chi connectivity index (χ3n) is 5.19. The number of rotatable bonds is 8. The highest BCUT2D eigenvalue weighted by Gasteiger charge is 2.16. The van der Waals surface area contributed by atoms with Gasteiger partial charge in [-0.15, -0.1) is 0 Å². The maximum atomic E-state index is 12.5. The number of hydrogen-bond acceptors (Lipinski definition) is 4. The third-order valence-corrected chi connectivity index (χ3v) is 5.19. The summed E-state index contributed by atoms with van der Waals surface area (Å²) in [5.74, 6) is 1.47. The van der Waals surface area contributed by atoms with Crippen LogP contribution in [0.1, 0.15) is 47.3 Å². The monoisotopic (exact) mass is 402 g/mol. The number of hydrogen-bond donors (Lipinski definition) is 1. The lowest BCUT2D eigenvalue weighted by Gasteiger charge is -2.13. The van der Waals surface area contributed by atoms with Crippen molar-refractivity contribution < 1.29 is 14.3 Å². The second kappa shape index (κ2) is 9.92. The molecule has 0 unspecified atom stereocenters. The van der Waals surface area contributed by atoms with Gasteiger partial charge in [0.05, 0.1) is 11.8 Å². The molecule has 0 spiro atoms. The van der Waals surface area contributed by atoms with E-state index >= 15 is 0 Å². The first-order valence-corrected chi connectivity index (χ1v) is 10.4. The first kappa shape index (κ1) is 20.0. The summed E-state index contributed by atoms with van der Waals surface area (Å²) >= 11 is 0. The quantitative estimate of drug-likeness (QED) is 0.581. The first-order chi connectivity index (χ1) is 14.8. The Kier molecular flexibility index (Phi) is 6.60. The van der Waals surface area contributed by atoms with E-state index in [1.165, 1.54) is 12.8 Å². The smallest absolute Gasteiger partial charge is 0.251 e. The van der Waals surface area contributed by atoms with Crippen molar-refractivity contribution in [2.75, 3.05) is 0 Å². The maximum absolute atomic E-state index is 12.5. The minimum Gasteiger partial charge on any atom is -0.490 e. The van der Waals surface area contributed by atoms with E-state index < -0.39 is 0 Å². The van der Waals surface area contributed by atoms with Crippen molar-refractivity contribution in [1.29, 1.82) is 0 Å². The van der Waals surface area contributed by atoms with Crippen molar-refractivity contribution in [2.45, 2.75) is 44.9 Å². The molecule has 0 aliphatic heterocycles. The normalized spacial score (nSPS) is 13.7. The summed E-state index contributed by atoms with van der Waals surface area (Å²) in [6, 6.07) is 20.8. The summed E-state index contributed by atoms with van der Waals surface area (Å²) in [4.78, 5) is 16.7. The van der Waals surface area contributed by atoms with Gasteiger partial charge in [0.2, 0.25) is 0 Å². The van der Waals surface area contributed by atoms with Gasteiger partial charge in [-0.25, -0.2) is 0 Å². The number of ether oxygens (including phenoxy) is 2. The molecule has 0 radical (unpaired) electrons. The molecule has 3 aromatic rings. The molecule has 4 rings (SSSR count). The third kappa shape index (κ3) is 5.60. The molecule has 1 saturated carbocycles. The molecule has 1 aliphatic carbocycles. The highest BCUT2D eigenvalue weighted by atomic mass is 16.5. The van der Waals surface area contributed by atoms with Crippen molar-refractivity contribution in [3.63, 3.8) is 0 Å². The fourth-order valence-corrected chi connectivity index (χ4v) is 3.55. The van der Waals surface area contributed by atoms with Crippen molar-refractivity contribution in [1.82, 2.24) is 10.3 Å². The van der Waals surface area contributed by atoms with Gasteiger partial charge in [-0.3, -0.25) is 9.78 Å². The molecule has 154 valence electrons. The molecule has 1 amide bonds. The number of amides is 1. The van der Waals surface area contributed by atoms with E-state index in [0.29, 0.717) is 24.8 Å². The Morgan fingerprint density at radius 2 is 1.80 bits per heavy atom. The average molecular weight is 402 g/mol. The zero-order chi connectivity index (χ0) is 20.6. The molecule has 0 atom stereocenters. The van der Waals surface area contributed by atoms with Crippen LogP contribution in [0.2, 0.25) is 0 Å². The van der Waals surface area contributed by atoms with E-state index in [-0.39, 0.29) is 5.91 Å². The van der Waals surface area contributed by atoms with Crippen molar-refractivity contribution in [3.8, 4) is 11.5 Å². The molecule has 5 nitrogen and oxygen atoms in total. The van der Waals surface area contributed by atoms with E-state index in [1.807, 2.05) is 66.7 Å². The second-order valence-corrected chi connectivity index (χ2v) is 7.49. The number of carbonyl (C=O) groups is 1. The van der Waals surface area contributed by atoms with E-state index in [9.17, 15) is 4.79 Å². The lowest BCUT2D eigenvalue weighted by atomic mass is 10.1. The Bertz CT molecular complexity index is 952. The predicted molar refractivity (Wildman–Crippen MR) is 116 cm³/mol. The van der Waals surface area contributed by atoms with Gasteiger partial charge in [0.1, 0.15) is 18.1 Å². The average Bonchev–Trinajstić information content (AvgIpc) is 3.31. The standard InChI is InChI=1S/C25H26N2O3/c28-25(20-11-13-23(14-12-20)30-22-8-1-2-9-22)27-17-19-6-5-10-24(16-19)29-18-21-7-3-4-15-26-21/h3-7,10-16,22H,1-2,8-9,17-18H2,(H,27,28). The second-order valence-electron chi connectivity index (χ2n) is 7.49. The topological polar surface area (TPSA) is 60.5 Å². The van der Waals surface area contributed by atoms with Crippen LogP contribution >= 0.6 is 0 Å². The minimum atomic E-state index is -0.109. The Morgan fingerprint density at radius 3 is 2.57 bits per heavy atom. The lowest BCUT2D eigenvalue weighted by molar-refractivity contribution is 0.0951. The molecule has 1 N–H and O–H groups in total. The van der Waals surface area contributed by atoms with Crippen LogP contribution in [-0.4, -0.2) is 17.0 Å². The van der Waals surface area contributed by atoms with Crippen LogP contribution in [0.25, 0.3) is 0 Å². The molecule has 1 aromatic heterocycles. The molecule has 2 aromatic carbocycles. The summed E-state index contributed by atoms with van der Waals surface area (Å²) in [5, 5.41) is 2.96. The first-order valence-electron chi connectivity index (χ1n) is 10.4. The molecular weight excluding hydrogens is 376 g/mol. The van der Waals surface area contributed by atoms with Crippen LogP contribution in [-0.2, 0) is 13.2 Å². The zero-order valence-electron chi connectivity index (χ0n) is 16.9. The summed E-state index contributed by atoms with van der Waals surface area (Å²) in [6.07, 6.45) is 6.77. The van der Waals surface area contributed by atoms with Crippen molar-refractivity contribution >= 4 is 5.91 Å². The van der Waals surface area contributed by atoms with E-state index in [1.54, 1.807) is 6.20 Å². The Labute approximate surface area is 177 Å². The zero-order valence-corrected chi connectivity index (χ0v) is 16.9. The van der Waals surface area contributed by atoms with Crippen LogP contribution in [0.3, 0.4) is 0 Å². The molecule has 5 heteroatoms. The Morgan fingerprint density at radius 1 is 0.967 bits per heavy atom. The highest BCUT2D eigenvalue weighted by Crippen LogP contribution is 2.24. The number of pyridine rings is 1. The van der Waals surface area contributed by atoms with Crippen molar-refractivity contribution in [3.05, 3.63) is 89.7 Å². The SMILES string of the molecule is O=C(NCc1cccc(OCc2ccccn2)c1)c1ccc(OC2CCCC2)cc1. The van der Waals surface area contributed by atoms with Crippen LogP contribution in [0.15, 0.2) is 72.9 Å². The fourth-order valence-electron chi connectivity index (χ4n) is 3.55. The van der Waals surface area contributed by atoms with Gasteiger partial charge in [0.15, 0.2) is 0 Å². The maximum Gasteiger partial charge on any atom is 0.251 e. The van der Waals surface area contributed by atoms with Gasteiger partial charge in [-0.1, -0.05) is 18.2 Å². The fraction of sp³-hybridized carbons (Fsp3) is 0.280. The molecule has 1 aliphatic rings. The number of aromatic nitrogens is 1. The van der Waals surface area contributed by atoms with Gasteiger partial charge in [0, 0.05) is 18.3 Å². The van der Waals surface area contributed by atoms with Gasteiger partial charge < -0.3 is 14.8 Å². The number of carbonyl (C=O) groups excluding carboxylic acids is 1. The van der Waals surface area contributed by atoms with Crippen LogP contribution < -0.4 is 14.8 Å². The lowest BCUT2D eigenvalue weighted by Crippen LogP contribution is -2.22. The van der Waals surface area contributed by atoms with Gasteiger partial charge in [-0.2, -0.15) is 0 Å². The van der Waals surface area contributed by atoms with Crippen LogP contribution in [0, 0.1) is 0 Å². The number of nitrogens with one attached hydrogen (secondary N) is 1.